The first-order valence-electron chi connectivity index (χ1n) is 2.95. The van der Waals surface area contributed by atoms with Crippen molar-refractivity contribution in [2.24, 2.45) is 4.99 Å². The maximum Gasteiger partial charge on any atom is 0.343 e. The minimum absolute atomic E-state index is 0.125. The van der Waals surface area contributed by atoms with Gasteiger partial charge in [0, 0.05) is 12.8 Å². The molecule has 0 N–H and O–H groups in total. The molecule has 0 saturated carbocycles. The van der Waals surface area contributed by atoms with Gasteiger partial charge in [0.2, 0.25) is 0 Å². The van der Waals surface area contributed by atoms with Gasteiger partial charge in [0.1, 0.15) is 0 Å². The number of carbonyl (C=O) groups excluding carboxylic acids is 1. The van der Waals surface area contributed by atoms with Crippen molar-refractivity contribution in [2.45, 2.75) is 19.9 Å². The van der Waals surface area contributed by atoms with Gasteiger partial charge in [-0.3, -0.25) is 0 Å². The van der Waals surface area contributed by atoms with E-state index in [-0.39, 0.29) is 12.1 Å². The number of nitrogens with zero attached hydrogens (tertiary/aromatic N) is 2. The fraction of sp³-hybridized carbons (Fsp3) is 0.667. The molecule has 1 atom stereocenters. The molecule has 2 amide bonds. The summed E-state index contributed by atoms with van der Waals surface area (Å²) in [6, 6.07) is 0.0671. The molecule has 0 radical (unpaired) electrons. The van der Waals surface area contributed by atoms with Crippen molar-refractivity contribution in [3.63, 3.8) is 0 Å². The molecular formula is C6H10N2O. The number of hydrogen-bond acceptors (Lipinski definition) is 1. The summed E-state index contributed by atoms with van der Waals surface area (Å²) in [5.41, 5.74) is 0.905. The van der Waals surface area contributed by atoms with Crippen molar-refractivity contribution in [1.82, 2.24) is 4.90 Å². The lowest BCUT2D eigenvalue weighted by Gasteiger charge is -2.13. The quantitative estimate of drug-likeness (QED) is 0.474. The van der Waals surface area contributed by atoms with Crippen molar-refractivity contribution in [2.75, 3.05) is 7.05 Å². The van der Waals surface area contributed by atoms with Gasteiger partial charge in [0.05, 0.1) is 6.04 Å². The Morgan fingerprint density at radius 1 is 1.67 bits per heavy atom. The lowest BCUT2D eigenvalue weighted by atomic mass is 10.2. The minimum Gasteiger partial charge on any atom is -0.318 e. The van der Waals surface area contributed by atoms with E-state index in [0.29, 0.717) is 0 Å². The molecule has 9 heavy (non-hydrogen) atoms. The van der Waals surface area contributed by atoms with Crippen LogP contribution in [0.15, 0.2) is 4.99 Å². The third-order valence-electron chi connectivity index (χ3n) is 1.76. The second-order valence-electron chi connectivity index (χ2n) is 2.32. The molecule has 0 aliphatic carbocycles. The normalized spacial score (nSPS) is 27.0. The van der Waals surface area contributed by atoms with Crippen LogP contribution < -0.4 is 0 Å². The van der Waals surface area contributed by atoms with Crippen LogP contribution in [0.1, 0.15) is 13.8 Å². The third-order valence-corrected chi connectivity index (χ3v) is 1.76. The van der Waals surface area contributed by atoms with Gasteiger partial charge in [-0.25, -0.2) is 9.79 Å². The highest BCUT2D eigenvalue weighted by molar-refractivity contribution is 6.03. The van der Waals surface area contributed by atoms with Crippen LogP contribution in [-0.2, 0) is 0 Å². The zero-order chi connectivity index (χ0) is 7.02. The first kappa shape index (κ1) is 6.26. The zero-order valence-corrected chi connectivity index (χ0v) is 5.88. The van der Waals surface area contributed by atoms with E-state index in [2.05, 4.69) is 4.99 Å². The highest BCUT2D eigenvalue weighted by Gasteiger charge is 2.24. The van der Waals surface area contributed by atoms with Crippen LogP contribution in [-0.4, -0.2) is 29.7 Å². The fourth-order valence-electron chi connectivity index (χ4n) is 0.769. The average Bonchev–Trinajstić information content (AvgIpc) is 1.98. The summed E-state index contributed by atoms with van der Waals surface area (Å²) in [6.45, 7) is 3.83. The van der Waals surface area contributed by atoms with E-state index in [0.717, 1.165) is 5.71 Å². The van der Waals surface area contributed by atoms with Gasteiger partial charge in [-0.15, -0.1) is 0 Å². The van der Waals surface area contributed by atoms with Gasteiger partial charge in [0.25, 0.3) is 0 Å². The van der Waals surface area contributed by atoms with E-state index in [9.17, 15) is 4.79 Å². The summed E-state index contributed by atoms with van der Waals surface area (Å²) in [4.78, 5) is 16.1. The lowest BCUT2D eigenvalue weighted by Crippen LogP contribution is -2.30. The summed E-state index contributed by atoms with van der Waals surface area (Å²) in [5, 5.41) is 0. The van der Waals surface area contributed by atoms with Gasteiger partial charge in [0.15, 0.2) is 0 Å². The first-order chi connectivity index (χ1) is 4.13. The maximum absolute atomic E-state index is 10.7. The minimum atomic E-state index is -0.125. The second kappa shape index (κ2) is 1.83. The fourth-order valence-corrected chi connectivity index (χ4v) is 0.769. The Hall–Kier alpha value is -0.860. The molecule has 50 valence electrons. The van der Waals surface area contributed by atoms with Gasteiger partial charge in [-0.05, 0) is 13.8 Å². The van der Waals surface area contributed by atoms with Crippen LogP contribution in [0, 0.1) is 0 Å². The van der Waals surface area contributed by atoms with Crippen molar-refractivity contribution in [3.8, 4) is 0 Å². The Kier molecular flexibility index (Phi) is 1.27. The first-order valence-corrected chi connectivity index (χ1v) is 2.95. The number of urea groups is 1. The van der Waals surface area contributed by atoms with Crippen molar-refractivity contribution >= 4 is 11.7 Å². The van der Waals surface area contributed by atoms with Crippen molar-refractivity contribution in [3.05, 3.63) is 0 Å². The van der Waals surface area contributed by atoms with E-state index < -0.39 is 0 Å². The third kappa shape index (κ3) is 0.823. The van der Waals surface area contributed by atoms with Crippen molar-refractivity contribution < 1.29 is 4.79 Å². The van der Waals surface area contributed by atoms with E-state index in [1.807, 2.05) is 13.8 Å². The van der Waals surface area contributed by atoms with Gasteiger partial charge in [-0.1, -0.05) is 0 Å². The maximum atomic E-state index is 10.7. The van der Waals surface area contributed by atoms with E-state index >= 15 is 0 Å². The molecule has 0 aromatic carbocycles. The average molecular weight is 126 g/mol. The Labute approximate surface area is 54.4 Å². The molecule has 1 aliphatic rings. The molecule has 3 heteroatoms. The lowest BCUT2D eigenvalue weighted by molar-refractivity contribution is 0.220. The van der Waals surface area contributed by atoms with Crippen LogP contribution in [0.3, 0.4) is 0 Å². The summed E-state index contributed by atoms with van der Waals surface area (Å²) in [7, 11) is 1.76. The molecule has 0 aromatic heterocycles. The van der Waals surface area contributed by atoms with Crippen LogP contribution in [0.2, 0.25) is 0 Å². The Bertz CT molecular complexity index is 174. The molecule has 0 unspecified atom stereocenters. The number of hydrogen-bond donors (Lipinski definition) is 0. The van der Waals surface area contributed by atoms with Crippen LogP contribution in [0.5, 0.6) is 0 Å². The monoisotopic (exact) mass is 126 g/mol. The van der Waals surface area contributed by atoms with Crippen LogP contribution >= 0.6 is 0 Å². The Morgan fingerprint density at radius 3 is 2.33 bits per heavy atom. The topological polar surface area (TPSA) is 32.7 Å². The van der Waals surface area contributed by atoms with Crippen molar-refractivity contribution in [1.29, 1.82) is 0 Å². The molecule has 0 bridgehead atoms. The number of aliphatic imine (C=N–C) groups is 1. The van der Waals surface area contributed by atoms with Crippen LogP contribution in [0.25, 0.3) is 0 Å². The Morgan fingerprint density at radius 2 is 2.22 bits per heavy atom. The zero-order valence-electron chi connectivity index (χ0n) is 5.88. The van der Waals surface area contributed by atoms with Crippen LogP contribution in [0.4, 0.5) is 4.79 Å². The molecular weight excluding hydrogens is 116 g/mol. The Balaban J connectivity index is 2.82. The summed E-state index contributed by atoms with van der Waals surface area (Å²) in [5.74, 6) is 0. The summed E-state index contributed by atoms with van der Waals surface area (Å²) in [6.07, 6.45) is 0. The van der Waals surface area contributed by atoms with Gasteiger partial charge >= 0.3 is 6.03 Å². The molecule has 3 nitrogen and oxygen atoms in total. The van der Waals surface area contributed by atoms with Gasteiger partial charge in [-0.2, -0.15) is 0 Å². The number of rotatable bonds is 0. The number of amides is 2. The second-order valence-corrected chi connectivity index (χ2v) is 2.32. The molecule has 1 heterocycles. The van der Waals surface area contributed by atoms with E-state index in [1.165, 1.54) is 0 Å². The highest BCUT2D eigenvalue weighted by Crippen LogP contribution is 2.08. The number of carbonyl (C=O) groups is 1. The molecule has 1 rings (SSSR count). The molecule has 1 aliphatic heterocycles. The molecule has 0 spiro atoms. The highest BCUT2D eigenvalue weighted by atomic mass is 16.2. The standard InChI is InChI=1S/C6H10N2O/c1-4-5(2)8(3)6(9)7-4/h5H,1-3H3/t5-/m0/s1. The molecule has 0 saturated heterocycles. The van der Waals surface area contributed by atoms with E-state index in [4.69, 9.17) is 0 Å². The molecule has 0 fully saturated rings. The smallest absolute Gasteiger partial charge is 0.318 e. The predicted molar refractivity (Wildman–Crippen MR) is 35.7 cm³/mol. The largest absolute Gasteiger partial charge is 0.343 e. The SMILES string of the molecule is CC1=NC(=O)N(C)[C@H]1C. The van der Waals surface area contributed by atoms with E-state index in [1.54, 1.807) is 11.9 Å². The van der Waals surface area contributed by atoms with Gasteiger partial charge < -0.3 is 4.90 Å². The summed E-state index contributed by atoms with van der Waals surface area (Å²) >= 11 is 0. The molecule has 0 aromatic rings. The predicted octanol–water partition coefficient (Wildman–Crippen LogP) is 0.901. The summed E-state index contributed by atoms with van der Waals surface area (Å²) < 4.78 is 0.